The Morgan fingerprint density at radius 1 is 0.919 bits per heavy atom. The summed E-state index contributed by atoms with van der Waals surface area (Å²) < 4.78 is 2.01. The molecule has 2 N–H and O–H groups in total. The van der Waals surface area contributed by atoms with Crippen LogP contribution in [-0.4, -0.2) is 52.4 Å². The highest BCUT2D eigenvalue weighted by molar-refractivity contribution is 7.18. The van der Waals surface area contributed by atoms with Crippen LogP contribution < -0.4 is 16.2 Å². The molecular formula is C27H27ClN4O4S. The van der Waals surface area contributed by atoms with Crippen molar-refractivity contribution in [1.82, 2.24) is 20.1 Å². The number of benzene rings is 1. The Morgan fingerprint density at radius 3 is 2.22 bits per heavy atom. The standard InChI is InChI=1S/C27H27ClN4O4S/c28-23-12-11-22(37-23)27(36)30-21-16-31(25(34)14-17-4-3-5-17)15-20(21)29-26(35)18-7-9-19(10-8-18)32-13-2-1-6-24(32)33/h1-2,6-13,17,20-21H,3-5,14-16H2,(H,29,35)(H,30,36)/t20-,21+/m0/s1. The van der Waals surface area contributed by atoms with Crippen LogP contribution in [0.3, 0.4) is 0 Å². The molecule has 8 nitrogen and oxygen atoms in total. The molecule has 3 amide bonds. The summed E-state index contributed by atoms with van der Waals surface area (Å²) in [5.74, 6) is -0.119. The summed E-state index contributed by atoms with van der Waals surface area (Å²) >= 11 is 7.17. The third kappa shape index (κ3) is 5.78. The molecule has 5 rings (SSSR count). The first-order chi connectivity index (χ1) is 17.9. The summed E-state index contributed by atoms with van der Waals surface area (Å²) in [6.45, 7) is 0.655. The number of rotatable bonds is 7. The van der Waals surface area contributed by atoms with Crippen molar-refractivity contribution >= 4 is 40.7 Å². The van der Waals surface area contributed by atoms with Crippen LogP contribution in [0, 0.1) is 5.92 Å². The third-order valence-corrected chi connectivity index (χ3v) is 8.25. The first-order valence-electron chi connectivity index (χ1n) is 12.3. The van der Waals surface area contributed by atoms with Gasteiger partial charge in [0.2, 0.25) is 5.91 Å². The number of aromatic nitrogens is 1. The van der Waals surface area contributed by atoms with E-state index in [4.69, 9.17) is 11.6 Å². The number of carbonyl (C=O) groups excluding carboxylic acids is 3. The molecule has 37 heavy (non-hydrogen) atoms. The molecule has 0 spiro atoms. The second-order valence-electron chi connectivity index (χ2n) is 9.52. The number of likely N-dealkylation sites (tertiary alicyclic amines) is 1. The molecular weight excluding hydrogens is 512 g/mol. The van der Waals surface area contributed by atoms with E-state index in [1.165, 1.54) is 22.0 Å². The van der Waals surface area contributed by atoms with E-state index in [0.29, 0.717) is 45.9 Å². The van der Waals surface area contributed by atoms with Gasteiger partial charge in [-0.3, -0.25) is 23.7 Å². The predicted octanol–water partition coefficient (Wildman–Crippen LogP) is 3.48. The van der Waals surface area contributed by atoms with Crippen LogP contribution in [0.2, 0.25) is 4.34 Å². The number of amides is 3. The fraction of sp³-hybridized carbons (Fsp3) is 0.333. The Hall–Kier alpha value is -3.43. The molecule has 1 saturated carbocycles. The lowest BCUT2D eigenvalue weighted by molar-refractivity contribution is -0.131. The van der Waals surface area contributed by atoms with Crippen molar-refractivity contribution in [3.8, 4) is 5.69 Å². The molecule has 0 radical (unpaired) electrons. The van der Waals surface area contributed by atoms with Gasteiger partial charge in [0.25, 0.3) is 17.4 Å². The predicted molar refractivity (Wildman–Crippen MR) is 142 cm³/mol. The SMILES string of the molecule is O=C(N[C@H]1CN(C(=O)CC2CCC2)C[C@H]1NC(=O)c1ccc(Cl)s1)c1ccc(-n2ccccc2=O)cc1. The summed E-state index contributed by atoms with van der Waals surface area (Å²) in [5.41, 5.74) is 0.903. The highest BCUT2D eigenvalue weighted by atomic mass is 35.5. The number of thiophene rings is 1. The third-order valence-electron chi connectivity index (χ3n) is 7.02. The molecule has 2 aromatic heterocycles. The van der Waals surface area contributed by atoms with Crippen LogP contribution in [0.1, 0.15) is 45.7 Å². The fourth-order valence-corrected chi connectivity index (χ4v) is 5.66. The molecule has 2 fully saturated rings. The van der Waals surface area contributed by atoms with Crippen molar-refractivity contribution in [1.29, 1.82) is 0 Å². The van der Waals surface area contributed by atoms with Crippen LogP contribution >= 0.6 is 22.9 Å². The lowest BCUT2D eigenvalue weighted by atomic mass is 9.83. The Labute approximate surface area is 223 Å². The van der Waals surface area contributed by atoms with Crippen molar-refractivity contribution < 1.29 is 14.4 Å². The van der Waals surface area contributed by atoms with Gasteiger partial charge >= 0.3 is 0 Å². The zero-order valence-electron chi connectivity index (χ0n) is 20.1. The Bertz CT molecular complexity index is 1360. The maximum Gasteiger partial charge on any atom is 0.261 e. The van der Waals surface area contributed by atoms with E-state index >= 15 is 0 Å². The maximum atomic E-state index is 13.1. The van der Waals surface area contributed by atoms with Gasteiger partial charge in [-0.05, 0) is 61.2 Å². The van der Waals surface area contributed by atoms with Gasteiger partial charge in [-0.15, -0.1) is 11.3 Å². The Kier molecular flexibility index (Phi) is 7.43. The lowest BCUT2D eigenvalue weighted by Crippen LogP contribution is -2.50. The zero-order valence-corrected chi connectivity index (χ0v) is 21.6. The summed E-state index contributed by atoms with van der Waals surface area (Å²) in [6, 6.07) is 14.1. The van der Waals surface area contributed by atoms with Gasteiger partial charge in [0.15, 0.2) is 0 Å². The van der Waals surface area contributed by atoms with Gasteiger partial charge in [0.1, 0.15) is 0 Å². The first kappa shape index (κ1) is 25.2. The Morgan fingerprint density at radius 2 is 1.62 bits per heavy atom. The summed E-state index contributed by atoms with van der Waals surface area (Å²) in [5, 5.41) is 5.99. The first-order valence-corrected chi connectivity index (χ1v) is 13.5. The minimum absolute atomic E-state index is 0.0533. The molecule has 1 aliphatic heterocycles. The quantitative estimate of drug-likeness (QED) is 0.481. The molecule has 1 aromatic carbocycles. The molecule has 10 heteroatoms. The number of hydrogen-bond donors (Lipinski definition) is 2. The van der Waals surface area contributed by atoms with Crippen molar-refractivity contribution in [3.63, 3.8) is 0 Å². The molecule has 3 heterocycles. The van der Waals surface area contributed by atoms with E-state index in [0.717, 1.165) is 19.3 Å². The number of pyridine rings is 1. The summed E-state index contributed by atoms with van der Waals surface area (Å²) in [7, 11) is 0. The van der Waals surface area contributed by atoms with Gasteiger partial charge in [-0.2, -0.15) is 0 Å². The molecule has 2 atom stereocenters. The minimum atomic E-state index is -0.450. The van der Waals surface area contributed by atoms with Crippen molar-refractivity contribution in [2.45, 2.75) is 37.8 Å². The van der Waals surface area contributed by atoms with Gasteiger partial charge in [0.05, 0.1) is 21.3 Å². The molecule has 0 bridgehead atoms. The highest BCUT2D eigenvalue weighted by Gasteiger charge is 2.38. The number of nitrogens with zero attached hydrogens (tertiary/aromatic N) is 2. The van der Waals surface area contributed by atoms with E-state index in [2.05, 4.69) is 10.6 Å². The Balaban J connectivity index is 1.29. The molecule has 1 saturated heterocycles. The van der Waals surface area contributed by atoms with Gasteiger partial charge in [-0.25, -0.2) is 0 Å². The van der Waals surface area contributed by atoms with Crippen molar-refractivity contribution in [3.05, 3.63) is 85.9 Å². The van der Waals surface area contributed by atoms with E-state index in [9.17, 15) is 19.2 Å². The average molecular weight is 539 g/mol. The van der Waals surface area contributed by atoms with Gasteiger partial charge in [-0.1, -0.05) is 24.1 Å². The molecule has 0 unspecified atom stereocenters. The largest absolute Gasteiger partial charge is 0.345 e. The monoisotopic (exact) mass is 538 g/mol. The summed E-state index contributed by atoms with van der Waals surface area (Å²) in [4.78, 5) is 53.1. The van der Waals surface area contributed by atoms with Gasteiger partial charge < -0.3 is 15.5 Å². The van der Waals surface area contributed by atoms with Crippen molar-refractivity contribution in [2.24, 2.45) is 5.92 Å². The molecule has 3 aromatic rings. The van der Waals surface area contributed by atoms with E-state index in [-0.39, 0.29) is 23.3 Å². The smallest absolute Gasteiger partial charge is 0.261 e. The number of carbonyl (C=O) groups is 3. The van der Waals surface area contributed by atoms with Crippen LogP contribution in [0.25, 0.3) is 5.69 Å². The minimum Gasteiger partial charge on any atom is -0.345 e. The van der Waals surface area contributed by atoms with Crippen LogP contribution in [0.15, 0.2) is 65.6 Å². The topological polar surface area (TPSA) is 101 Å². The van der Waals surface area contributed by atoms with Crippen LogP contribution in [0.5, 0.6) is 0 Å². The molecule has 192 valence electrons. The number of halogens is 1. The average Bonchev–Trinajstić information content (AvgIpc) is 3.48. The van der Waals surface area contributed by atoms with Crippen LogP contribution in [0.4, 0.5) is 0 Å². The zero-order chi connectivity index (χ0) is 25.9. The second-order valence-corrected chi connectivity index (χ2v) is 11.2. The molecule has 1 aliphatic carbocycles. The van der Waals surface area contributed by atoms with E-state index in [1.807, 2.05) is 0 Å². The van der Waals surface area contributed by atoms with Crippen molar-refractivity contribution in [2.75, 3.05) is 13.1 Å². The van der Waals surface area contributed by atoms with Gasteiger partial charge in [0, 0.05) is 43.0 Å². The molecule has 2 aliphatic rings. The van der Waals surface area contributed by atoms with E-state index in [1.54, 1.807) is 59.6 Å². The summed E-state index contributed by atoms with van der Waals surface area (Å²) in [6.07, 6.45) is 5.48. The second kappa shape index (κ2) is 10.9. The maximum absolute atomic E-state index is 13.1. The normalized spacial score (nSPS) is 19.3. The van der Waals surface area contributed by atoms with E-state index < -0.39 is 12.1 Å². The lowest BCUT2D eigenvalue weighted by Gasteiger charge is -2.27. The number of nitrogens with one attached hydrogen (secondary N) is 2. The number of hydrogen-bond acceptors (Lipinski definition) is 5. The highest BCUT2D eigenvalue weighted by Crippen LogP contribution is 2.30. The fourth-order valence-electron chi connectivity index (χ4n) is 4.71. The van der Waals surface area contributed by atoms with Crippen LogP contribution in [-0.2, 0) is 4.79 Å².